The maximum absolute atomic E-state index is 6.47. The van der Waals surface area contributed by atoms with Crippen LogP contribution in [0.2, 0.25) is 0 Å². The lowest BCUT2D eigenvalue weighted by Crippen LogP contribution is -2.16. The molecule has 0 radical (unpaired) electrons. The number of hydrogen-bond acceptors (Lipinski definition) is 2. The van der Waals surface area contributed by atoms with E-state index in [-0.39, 0.29) is 5.41 Å². The lowest BCUT2D eigenvalue weighted by molar-refractivity contribution is 0.590. The normalized spacial score (nSPS) is 11.7. The number of para-hydroxylation sites is 3. The Morgan fingerprint density at radius 2 is 0.862 bits per heavy atom. The number of anilines is 3. The van der Waals surface area contributed by atoms with Crippen molar-refractivity contribution in [2.45, 2.75) is 26.2 Å². The highest BCUT2D eigenvalue weighted by molar-refractivity contribution is 6.15. The van der Waals surface area contributed by atoms with Gasteiger partial charge in [0, 0.05) is 27.5 Å². The number of furan rings is 1. The van der Waals surface area contributed by atoms with Crippen LogP contribution in [0.15, 0.2) is 211 Å². The van der Waals surface area contributed by atoms with Gasteiger partial charge in [0.2, 0.25) is 0 Å². The van der Waals surface area contributed by atoms with Crippen LogP contribution in [-0.2, 0) is 5.41 Å². The summed E-state index contributed by atoms with van der Waals surface area (Å²) in [5, 5.41) is 4.67. The van der Waals surface area contributed by atoms with Crippen LogP contribution in [0.5, 0.6) is 0 Å². The summed E-state index contributed by atoms with van der Waals surface area (Å²) in [6.07, 6.45) is 0. The summed E-state index contributed by atoms with van der Waals surface area (Å²) in [4.78, 5) is 2.52. The molecule has 58 heavy (non-hydrogen) atoms. The average molecular weight is 746 g/mol. The zero-order chi connectivity index (χ0) is 39.2. The van der Waals surface area contributed by atoms with Gasteiger partial charge in [-0.05, 0) is 79.9 Å². The maximum atomic E-state index is 6.47. The van der Waals surface area contributed by atoms with Crippen molar-refractivity contribution >= 4 is 49.8 Å². The van der Waals surface area contributed by atoms with Crippen molar-refractivity contribution in [3.63, 3.8) is 0 Å². The molecule has 0 saturated carbocycles. The molecule has 0 N–H and O–H groups in total. The second-order valence-corrected chi connectivity index (χ2v) is 16.1. The molecule has 0 aliphatic heterocycles. The van der Waals surface area contributed by atoms with Gasteiger partial charge in [0.1, 0.15) is 11.2 Å². The Kier molecular flexibility index (Phi) is 8.76. The van der Waals surface area contributed by atoms with Gasteiger partial charge in [0.25, 0.3) is 0 Å². The van der Waals surface area contributed by atoms with E-state index in [2.05, 4.69) is 226 Å². The second-order valence-electron chi connectivity index (χ2n) is 16.1. The molecule has 1 heterocycles. The molecule has 0 saturated heterocycles. The van der Waals surface area contributed by atoms with Gasteiger partial charge in [-0.25, -0.2) is 0 Å². The molecule has 2 nitrogen and oxygen atoms in total. The molecule has 0 unspecified atom stereocenters. The maximum Gasteiger partial charge on any atom is 0.136 e. The number of fused-ring (bicyclic) bond motifs is 4. The van der Waals surface area contributed by atoms with Crippen molar-refractivity contribution in [1.82, 2.24) is 0 Å². The van der Waals surface area contributed by atoms with Gasteiger partial charge >= 0.3 is 0 Å². The van der Waals surface area contributed by atoms with Gasteiger partial charge < -0.3 is 9.32 Å². The van der Waals surface area contributed by atoms with Gasteiger partial charge in [-0.3, -0.25) is 0 Å². The summed E-state index contributed by atoms with van der Waals surface area (Å²) in [5.41, 5.74) is 15.6. The average Bonchev–Trinajstić information content (AvgIpc) is 3.66. The molecular formula is C56H43NO. The highest BCUT2D eigenvalue weighted by atomic mass is 16.3. The topological polar surface area (TPSA) is 16.4 Å². The predicted octanol–water partition coefficient (Wildman–Crippen LogP) is 16.2. The second kappa shape index (κ2) is 14.4. The van der Waals surface area contributed by atoms with Gasteiger partial charge in [-0.2, -0.15) is 0 Å². The zero-order valence-corrected chi connectivity index (χ0v) is 33.0. The van der Waals surface area contributed by atoms with Crippen LogP contribution in [0.1, 0.15) is 26.3 Å². The molecule has 0 amide bonds. The Balaban J connectivity index is 1.32. The molecule has 9 aromatic carbocycles. The van der Waals surface area contributed by atoms with E-state index < -0.39 is 0 Å². The predicted molar refractivity (Wildman–Crippen MR) is 246 cm³/mol. The number of benzene rings is 9. The van der Waals surface area contributed by atoms with Crippen LogP contribution in [0.25, 0.3) is 77.2 Å². The molecule has 0 aliphatic rings. The first-order valence-electron chi connectivity index (χ1n) is 20.1. The van der Waals surface area contributed by atoms with Crippen LogP contribution >= 0.6 is 0 Å². The highest BCUT2D eigenvalue weighted by Crippen LogP contribution is 2.51. The van der Waals surface area contributed by atoms with E-state index in [1.165, 1.54) is 33.0 Å². The number of hydrogen-bond donors (Lipinski definition) is 0. The van der Waals surface area contributed by atoms with Crippen LogP contribution in [0.4, 0.5) is 17.1 Å². The Morgan fingerprint density at radius 3 is 1.52 bits per heavy atom. The lowest BCUT2D eigenvalue weighted by atomic mass is 9.85. The zero-order valence-electron chi connectivity index (χ0n) is 33.0. The summed E-state index contributed by atoms with van der Waals surface area (Å²) in [6.45, 7) is 6.89. The van der Waals surface area contributed by atoms with Gasteiger partial charge in [0.05, 0.1) is 17.1 Å². The molecule has 10 rings (SSSR count). The summed E-state index contributed by atoms with van der Waals surface area (Å²) >= 11 is 0. The quantitative estimate of drug-likeness (QED) is 0.162. The minimum absolute atomic E-state index is 0.0871. The van der Waals surface area contributed by atoms with E-state index in [4.69, 9.17) is 4.42 Å². The molecule has 2 heteroatoms. The van der Waals surface area contributed by atoms with Crippen molar-refractivity contribution in [3.05, 3.63) is 212 Å². The number of rotatable bonds is 7. The van der Waals surface area contributed by atoms with Crippen molar-refractivity contribution < 1.29 is 4.42 Å². The molecule has 0 atom stereocenters. The van der Waals surface area contributed by atoms with Crippen molar-refractivity contribution in [3.8, 4) is 44.5 Å². The van der Waals surface area contributed by atoms with Crippen molar-refractivity contribution in [1.29, 1.82) is 0 Å². The highest BCUT2D eigenvalue weighted by Gasteiger charge is 2.27. The molecule has 0 fully saturated rings. The van der Waals surface area contributed by atoms with Crippen LogP contribution in [0.3, 0.4) is 0 Å². The molecule has 278 valence electrons. The Labute approximate surface area is 340 Å². The first-order valence-corrected chi connectivity index (χ1v) is 20.1. The summed E-state index contributed by atoms with van der Waals surface area (Å²) < 4.78 is 6.47. The lowest BCUT2D eigenvalue weighted by Gasteiger charge is -2.33. The fourth-order valence-corrected chi connectivity index (χ4v) is 8.65. The van der Waals surface area contributed by atoms with Gasteiger partial charge in [-0.1, -0.05) is 197 Å². The SMILES string of the molecule is CC(C)(C)c1ccc(-c2ccccc2)c(N(c2ccccc2-c2cccc3cccc(-c4ccccc4)c23)c2ccccc2-c2cccc3oc4ccccc4c23)c1. The van der Waals surface area contributed by atoms with E-state index >= 15 is 0 Å². The largest absolute Gasteiger partial charge is 0.456 e. The van der Waals surface area contributed by atoms with Gasteiger partial charge in [0.15, 0.2) is 0 Å². The smallest absolute Gasteiger partial charge is 0.136 e. The summed E-state index contributed by atoms with van der Waals surface area (Å²) in [6, 6.07) is 74.6. The molecular weight excluding hydrogens is 703 g/mol. The van der Waals surface area contributed by atoms with Crippen LogP contribution in [-0.4, -0.2) is 0 Å². The first kappa shape index (κ1) is 35.3. The molecule has 10 aromatic rings. The monoisotopic (exact) mass is 745 g/mol. The standard InChI is InChI=1S/C56H43NO/c1-56(2,3)41-35-36-42(38-19-6-4-7-20-38)51(37-41)57(50-32-14-11-26-45(50)47-30-18-34-53-55(47)48-27-12-15-33-52(48)58-53)49-31-13-10-25-44(49)46-29-17-24-40-23-16-28-43(54(40)46)39-21-8-5-9-22-39/h4-37H,1-3H3. The van der Waals surface area contributed by atoms with E-state index in [0.717, 1.165) is 66.8 Å². The van der Waals surface area contributed by atoms with E-state index in [1.54, 1.807) is 0 Å². The summed E-state index contributed by atoms with van der Waals surface area (Å²) in [5.74, 6) is 0. The number of nitrogens with zero attached hydrogens (tertiary/aromatic N) is 1. The summed E-state index contributed by atoms with van der Waals surface area (Å²) in [7, 11) is 0. The van der Waals surface area contributed by atoms with Crippen LogP contribution in [0, 0.1) is 0 Å². The first-order chi connectivity index (χ1) is 28.4. The Hall–Kier alpha value is -7.16. The van der Waals surface area contributed by atoms with E-state index in [0.29, 0.717) is 0 Å². The molecule has 1 aromatic heterocycles. The Morgan fingerprint density at radius 1 is 0.362 bits per heavy atom. The molecule has 0 spiro atoms. The van der Waals surface area contributed by atoms with Crippen molar-refractivity contribution in [2.75, 3.05) is 4.90 Å². The molecule has 0 bridgehead atoms. The van der Waals surface area contributed by atoms with Crippen LogP contribution < -0.4 is 4.90 Å². The van der Waals surface area contributed by atoms with E-state index in [1.807, 2.05) is 6.07 Å². The minimum Gasteiger partial charge on any atom is -0.456 e. The third kappa shape index (κ3) is 6.15. The third-order valence-electron chi connectivity index (χ3n) is 11.5. The fourth-order valence-electron chi connectivity index (χ4n) is 8.65. The Bertz CT molecular complexity index is 3090. The van der Waals surface area contributed by atoms with E-state index in [9.17, 15) is 0 Å². The van der Waals surface area contributed by atoms with Gasteiger partial charge in [-0.15, -0.1) is 0 Å². The fraction of sp³-hybridized carbons (Fsp3) is 0.0714. The third-order valence-corrected chi connectivity index (χ3v) is 11.5. The molecule has 0 aliphatic carbocycles. The van der Waals surface area contributed by atoms with Crippen molar-refractivity contribution in [2.24, 2.45) is 0 Å². The minimum atomic E-state index is -0.0871.